The maximum atomic E-state index is 13.5. The molecule has 23 heavy (non-hydrogen) atoms. The lowest BCUT2D eigenvalue weighted by molar-refractivity contribution is 0.602. The van der Waals surface area contributed by atoms with E-state index in [2.05, 4.69) is 25.8 Å². The van der Waals surface area contributed by atoms with Gasteiger partial charge in [-0.15, -0.1) is 34.2 Å². The summed E-state index contributed by atoms with van der Waals surface area (Å²) in [6.07, 6.45) is 2.57. The summed E-state index contributed by atoms with van der Waals surface area (Å²) >= 11 is 0. The number of halogens is 2. The third-order valence-electron chi connectivity index (χ3n) is 3.28. The number of benzene rings is 1. The SMILES string of the molecule is CCc1nncn1CCNC(=NC)NCc1ccccc1F.I. The summed E-state index contributed by atoms with van der Waals surface area (Å²) in [5, 5.41) is 14.2. The number of hydrogen-bond acceptors (Lipinski definition) is 3. The molecule has 0 saturated heterocycles. The molecule has 1 aromatic carbocycles. The van der Waals surface area contributed by atoms with E-state index in [0.29, 0.717) is 24.6 Å². The summed E-state index contributed by atoms with van der Waals surface area (Å²) in [6.45, 7) is 3.86. The van der Waals surface area contributed by atoms with Crippen molar-refractivity contribution in [1.82, 2.24) is 25.4 Å². The Kier molecular flexibility index (Phi) is 8.52. The van der Waals surface area contributed by atoms with Crippen LogP contribution in [0.1, 0.15) is 18.3 Å². The van der Waals surface area contributed by atoms with Crippen molar-refractivity contribution in [3.05, 3.63) is 47.8 Å². The molecular weight excluding hydrogens is 410 g/mol. The fourth-order valence-corrected chi connectivity index (χ4v) is 2.08. The molecule has 0 aliphatic heterocycles. The largest absolute Gasteiger partial charge is 0.355 e. The summed E-state index contributed by atoms with van der Waals surface area (Å²) in [6, 6.07) is 6.69. The fourth-order valence-electron chi connectivity index (χ4n) is 2.08. The number of rotatable bonds is 6. The van der Waals surface area contributed by atoms with E-state index >= 15 is 0 Å². The summed E-state index contributed by atoms with van der Waals surface area (Å²) in [7, 11) is 1.69. The molecule has 2 aromatic rings. The van der Waals surface area contributed by atoms with Crippen molar-refractivity contribution < 1.29 is 4.39 Å². The highest BCUT2D eigenvalue weighted by Crippen LogP contribution is 2.05. The molecule has 0 atom stereocenters. The van der Waals surface area contributed by atoms with Gasteiger partial charge in [-0.25, -0.2) is 4.39 Å². The first-order valence-electron chi connectivity index (χ1n) is 7.29. The second-order valence-corrected chi connectivity index (χ2v) is 4.74. The van der Waals surface area contributed by atoms with Gasteiger partial charge in [0.25, 0.3) is 0 Å². The lowest BCUT2D eigenvalue weighted by Gasteiger charge is -2.13. The van der Waals surface area contributed by atoms with Crippen molar-refractivity contribution in [3.63, 3.8) is 0 Å². The average Bonchev–Trinajstić information content (AvgIpc) is 2.99. The van der Waals surface area contributed by atoms with E-state index in [1.165, 1.54) is 6.07 Å². The minimum absolute atomic E-state index is 0. The molecule has 8 heteroatoms. The van der Waals surface area contributed by atoms with E-state index in [1.807, 2.05) is 17.6 Å². The molecule has 2 rings (SSSR count). The van der Waals surface area contributed by atoms with Gasteiger partial charge in [0.05, 0.1) is 0 Å². The van der Waals surface area contributed by atoms with E-state index in [-0.39, 0.29) is 29.8 Å². The quantitative estimate of drug-likeness (QED) is 0.416. The molecule has 126 valence electrons. The molecule has 0 unspecified atom stereocenters. The molecule has 0 saturated carbocycles. The maximum Gasteiger partial charge on any atom is 0.191 e. The van der Waals surface area contributed by atoms with Crippen molar-refractivity contribution in [3.8, 4) is 0 Å². The van der Waals surface area contributed by atoms with Gasteiger partial charge in [0.15, 0.2) is 5.96 Å². The number of guanidine groups is 1. The van der Waals surface area contributed by atoms with Crippen molar-refractivity contribution in [2.45, 2.75) is 26.4 Å². The minimum Gasteiger partial charge on any atom is -0.355 e. The highest BCUT2D eigenvalue weighted by atomic mass is 127. The van der Waals surface area contributed by atoms with Gasteiger partial charge in [-0.3, -0.25) is 4.99 Å². The normalized spacial score (nSPS) is 11.0. The Labute approximate surface area is 152 Å². The van der Waals surface area contributed by atoms with E-state index < -0.39 is 0 Å². The smallest absolute Gasteiger partial charge is 0.191 e. The monoisotopic (exact) mass is 432 g/mol. The third-order valence-corrected chi connectivity index (χ3v) is 3.28. The van der Waals surface area contributed by atoms with Crippen LogP contribution in [0.5, 0.6) is 0 Å². The van der Waals surface area contributed by atoms with Crippen LogP contribution in [0, 0.1) is 5.82 Å². The Bertz CT molecular complexity index is 628. The first-order chi connectivity index (χ1) is 10.7. The lowest BCUT2D eigenvalue weighted by Crippen LogP contribution is -2.38. The van der Waals surface area contributed by atoms with Crippen LogP contribution < -0.4 is 10.6 Å². The van der Waals surface area contributed by atoms with Crippen LogP contribution in [0.2, 0.25) is 0 Å². The van der Waals surface area contributed by atoms with Gasteiger partial charge < -0.3 is 15.2 Å². The van der Waals surface area contributed by atoms with E-state index in [9.17, 15) is 4.39 Å². The van der Waals surface area contributed by atoms with Gasteiger partial charge in [-0.2, -0.15) is 0 Å². The highest BCUT2D eigenvalue weighted by Gasteiger charge is 2.04. The number of aryl methyl sites for hydroxylation is 1. The lowest BCUT2D eigenvalue weighted by atomic mass is 10.2. The van der Waals surface area contributed by atoms with Crippen molar-refractivity contribution in [1.29, 1.82) is 0 Å². The van der Waals surface area contributed by atoms with Crippen LogP contribution in [-0.4, -0.2) is 34.3 Å². The van der Waals surface area contributed by atoms with Crippen LogP contribution in [0.3, 0.4) is 0 Å². The van der Waals surface area contributed by atoms with Crippen LogP contribution in [0.4, 0.5) is 4.39 Å². The fraction of sp³-hybridized carbons (Fsp3) is 0.400. The molecule has 0 radical (unpaired) electrons. The predicted molar refractivity (Wildman–Crippen MR) is 99.4 cm³/mol. The number of hydrogen-bond donors (Lipinski definition) is 2. The number of aliphatic imine (C=N–C) groups is 1. The van der Waals surface area contributed by atoms with Crippen molar-refractivity contribution in [2.75, 3.05) is 13.6 Å². The molecule has 0 bridgehead atoms. The zero-order valence-corrected chi connectivity index (χ0v) is 15.6. The molecule has 0 aliphatic rings. The Hall–Kier alpha value is -1.71. The van der Waals surface area contributed by atoms with Crippen molar-refractivity contribution in [2.24, 2.45) is 4.99 Å². The van der Waals surface area contributed by atoms with Gasteiger partial charge in [-0.1, -0.05) is 25.1 Å². The number of nitrogens with zero attached hydrogens (tertiary/aromatic N) is 4. The molecule has 0 spiro atoms. The zero-order valence-electron chi connectivity index (χ0n) is 13.3. The van der Waals surface area contributed by atoms with Gasteiger partial charge in [0.2, 0.25) is 0 Å². The topological polar surface area (TPSA) is 67.1 Å². The molecule has 1 aromatic heterocycles. The molecule has 0 amide bonds. The maximum absolute atomic E-state index is 13.5. The Morgan fingerprint density at radius 3 is 2.78 bits per heavy atom. The van der Waals surface area contributed by atoms with Gasteiger partial charge in [0, 0.05) is 38.7 Å². The standard InChI is InChI=1S/C15H21FN6.HI/c1-3-14-21-20-11-22(14)9-8-18-15(17-2)19-10-12-6-4-5-7-13(12)16;/h4-7,11H,3,8-10H2,1-2H3,(H2,17,18,19);1H. The number of aromatic nitrogens is 3. The first kappa shape index (κ1) is 19.3. The Morgan fingerprint density at radius 2 is 2.09 bits per heavy atom. The van der Waals surface area contributed by atoms with Crippen molar-refractivity contribution >= 4 is 29.9 Å². The van der Waals surface area contributed by atoms with E-state index in [4.69, 9.17) is 0 Å². The summed E-state index contributed by atoms with van der Waals surface area (Å²) in [4.78, 5) is 4.13. The average molecular weight is 432 g/mol. The minimum atomic E-state index is -0.220. The van der Waals surface area contributed by atoms with Gasteiger partial charge in [-0.05, 0) is 6.07 Å². The summed E-state index contributed by atoms with van der Waals surface area (Å²) in [5.41, 5.74) is 0.609. The van der Waals surface area contributed by atoms with Crippen LogP contribution in [0.25, 0.3) is 0 Å². The van der Waals surface area contributed by atoms with Crippen LogP contribution in [0.15, 0.2) is 35.6 Å². The Balaban J connectivity index is 0.00000264. The summed E-state index contributed by atoms with van der Waals surface area (Å²) < 4.78 is 15.5. The molecule has 0 aliphatic carbocycles. The van der Waals surface area contributed by atoms with Gasteiger partial charge in [0.1, 0.15) is 18.0 Å². The van der Waals surface area contributed by atoms with Crippen LogP contribution >= 0.6 is 24.0 Å². The second-order valence-electron chi connectivity index (χ2n) is 4.74. The molecule has 6 nitrogen and oxygen atoms in total. The first-order valence-corrected chi connectivity index (χ1v) is 7.29. The zero-order chi connectivity index (χ0) is 15.8. The van der Waals surface area contributed by atoms with Crippen LogP contribution in [-0.2, 0) is 19.5 Å². The molecule has 1 heterocycles. The van der Waals surface area contributed by atoms with E-state index in [1.54, 1.807) is 25.5 Å². The third kappa shape index (κ3) is 5.77. The second kappa shape index (κ2) is 10.1. The predicted octanol–water partition coefficient (Wildman–Crippen LogP) is 1.96. The number of nitrogens with one attached hydrogen (secondary N) is 2. The molecular formula is C15H22FIN6. The molecule has 0 fully saturated rings. The molecule has 2 N–H and O–H groups in total. The van der Waals surface area contributed by atoms with Gasteiger partial charge >= 0.3 is 0 Å². The Morgan fingerprint density at radius 1 is 1.30 bits per heavy atom. The van der Waals surface area contributed by atoms with E-state index in [0.717, 1.165) is 18.8 Å². The highest BCUT2D eigenvalue weighted by molar-refractivity contribution is 14.0. The summed E-state index contributed by atoms with van der Waals surface area (Å²) in [5.74, 6) is 1.37.